The summed E-state index contributed by atoms with van der Waals surface area (Å²) in [5.74, 6) is 1.53. The highest BCUT2D eigenvalue weighted by molar-refractivity contribution is 5.89. The molecule has 0 aliphatic heterocycles. The van der Waals surface area contributed by atoms with Crippen LogP contribution in [-0.2, 0) is 18.2 Å². The number of hydrogen-bond donors (Lipinski definition) is 0. The van der Waals surface area contributed by atoms with Gasteiger partial charge in [-0.15, -0.1) is 0 Å². The van der Waals surface area contributed by atoms with Crippen LogP contribution in [0.1, 0.15) is 43.2 Å². The molecule has 0 bridgehead atoms. The van der Waals surface area contributed by atoms with Gasteiger partial charge in [0.05, 0.1) is 6.61 Å². The Labute approximate surface area is 125 Å². The summed E-state index contributed by atoms with van der Waals surface area (Å²) >= 11 is 0. The number of carbonyl (C=O) groups excluding carboxylic acids is 1. The molecule has 1 atom stereocenters. The van der Waals surface area contributed by atoms with E-state index in [1.807, 2.05) is 13.0 Å². The summed E-state index contributed by atoms with van der Waals surface area (Å²) < 4.78 is 12.6. The molecule has 0 fully saturated rings. The summed E-state index contributed by atoms with van der Waals surface area (Å²) in [6.07, 6.45) is 7.75. The van der Waals surface area contributed by atoms with Crippen molar-refractivity contribution in [1.29, 1.82) is 0 Å². The Balaban J connectivity index is 2.27. The minimum absolute atomic E-state index is 0.334. The van der Waals surface area contributed by atoms with Crippen LogP contribution in [0, 0.1) is 5.92 Å². The zero-order valence-corrected chi connectivity index (χ0v) is 13.0. The first-order chi connectivity index (χ1) is 10.1. The Morgan fingerprint density at radius 3 is 2.81 bits per heavy atom. The fraction of sp³-hybridized carbons (Fsp3) is 0.500. The lowest BCUT2D eigenvalue weighted by atomic mass is 10.0. The molecule has 1 aromatic rings. The fourth-order valence-electron chi connectivity index (χ4n) is 2.26. The fourth-order valence-corrected chi connectivity index (χ4v) is 2.26. The van der Waals surface area contributed by atoms with Crippen molar-refractivity contribution in [2.24, 2.45) is 13.0 Å². The van der Waals surface area contributed by atoms with Crippen LogP contribution in [0.4, 0.5) is 0 Å². The monoisotopic (exact) mass is 290 g/mol. The number of carbonyl (C=O) groups is 1. The van der Waals surface area contributed by atoms with Gasteiger partial charge in [-0.25, -0.2) is 9.48 Å². The number of aromatic nitrogens is 2. The van der Waals surface area contributed by atoms with Crippen LogP contribution >= 0.6 is 0 Å². The van der Waals surface area contributed by atoms with E-state index in [1.54, 1.807) is 18.7 Å². The predicted molar refractivity (Wildman–Crippen MR) is 80.2 cm³/mol. The van der Waals surface area contributed by atoms with E-state index >= 15 is 0 Å². The van der Waals surface area contributed by atoms with Gasteiger partial charge in [-0.05, 0) is 37.8 Å². The summed E-state index contributed by atoms with van der Waals surface area (Å²) in [5, 5.41) is 4.25. The molecule has 1 unspecified atom stereocenters. The largest absolute Gasteiger partial charge is 0.461 e. The highest BCUT2D eigenvalue weighted by atomic mass is 16.5. The average molecular weight is 290 g/mol. The van der Waals surface area contributed by atoms with Gasteiger partial charge in [-0.1, -0.05) is 19.9 Å². The van der Waals surface area contributed by atoms with Crippen LogP contribution in [0.25, 0.3) is 0 Å². The third kappa shape index (κ3) is 3.35. The van der Waals surface area contributed by atoms with Gasteiger partial charge in [0, 0.05) is 12.6 Å². The molecule has 1 aromatic heterocycles. The molecule has 1 aliphatic carbocycles. The van der Waals surface area contributed by atoms with Gasteiger partial charge in [-0.2, -0.15) is 5.10 Å². The molecule has 114 valence electrons. The Bertz CT molecular complexity index is 585. The van der Waals surface area contributed by atoms with Crippen molar-refractivity contribution < 1.29 is 14.3 Å². The number of hydrogen-bond acceptors (Lipinski definition) is 4. The van der Waals surface area contributed by atoms with Gasteiger partial charge in [0.1, 0.15) is 5.76 Å². The molecule has 0 radical (unpaired) electrons. The maximum Gasteiger partial charge on any atom is 0.359 e. The molecule has 0 saturated carbocycles. The second-order valence-corrected chi connectivity index (χ2v) is 5.11. The summed E-state index contributed by atoms with van der Waals surface area (Å²) in [7, 11) is 1.77. The maximum atomic E-state index is 11.9. The highest BCUT2D eigenvalue weighted by Gasteiger charge is 2.23. The molecular formula is C16H22N2O3. The van der Waals surface area contributed by atoms with Gasteiger partial charge < -0.3 is 9.47 Å². The molecule has 0 N–H and O–H groups in total. The Hall–Kier alpha value is -2.04. The summed E-state index contributed by atoms with van der Waals surface area (Å²) in [4.78, 5) is 11.9. The normalized spacial score (nSPS) is 17.5. The van der Waals surface area contributed by atoms with Crippen molar-refractivity contribution in [2.75, 3.05) is 6.61 Å². The summed E-state index contributed by atoms with van der Waals surface area (Å²) in [5.41, 5.74) is 1.12. The van der Waals surface area contributed by atoms with Crippen molar-refractivity contribution in [3.63, 3.8) is 0 Å². The minimum atomic E-state index is -0.401. The molecule has 5 heteroatoms. The van der Waals surface area contributed by atoms with Crippen molar-refractivity contribution in [3.05, 3.63) is 35.2 Å². The molecule has 0 aromatic carbocycles. The van der Waals surface area contributed by atoms with Crippen molar-refractivity contribution in [1.82, 2.24) is 9.78 Å². The smallest absolute Gasteiger partial charge is 0.359 e. The van der Waals surface area contributed by atoms with Gasteiger partial charge in [-0.3, -0.25) is 0 Å². The van der Waals surface area contributed by atoms with E-state index in [1.165, 1.54) is 0 Å². The van der Waals surface area contributed by atoms with E-state index in [-0.39, 0.29) is 0 Å². The van der Waals surface area contributed by atoms with Crippen LogP contribution in [0.5, 0.6) is 5.88 Å². The second-order valence-electron chi connectivity index (χ2n) is 5.11. The quantitative estimate of drug-likeness (QED) is 0.782. The predicted octanol–water partition coefficient (Wildman–Crippen LogP) is 3.02. The van der Waals surface area contributed by atoms with E-state index < -0.39 is 5.97 Å². The number of allylic oxidation sites excluding steroid dienone is 3. The SMILES string of the molecule is CCOC(=O)c1nn(C)c(OC2=CCC(C)C=C2)c1CC. The molecule has 0 spiro atoms. The zero-order valence-electron chi connectivity index (χ0n) is 13.0. The Morgan fingerprint density at radius 2 is 2.24 bits per heavy atom. The number of ether oxygens (including phenoxy) is 2. The van der Waals surface area contributed by atoms with Crippen LogP contribution in [0.3, 0.4) is 0 Å². The van der Waals surface area contributed by atoms with Crippen LogP contribution in [-0.4, -0.2) is 22.4 Å². The Morgan fingerprint density at radius 1 is 1.48 bits per heavy atom. The van der Waals surface area contributed by atoms with Gasteiger partial charge in [0.2, 0.25) is 5.88 Å². The minimum Gasteiger partial charge on any atom is -0.461 e. The van der Waals surface area contributed by atoms with Crippen LogP contribution < -0.4 is 4.74 Å². The standard InChI is InChI=1S/C16H22N2O3/c1-5-13-14(16(19)20-6-2)17-18(4)15(13)21-12-9-7-11(3)8-10-12/h7,9-11H,5-6,8H2,1-4H3. The molecule has 0 saturated heterocycles. The van der Waals surface area contributed by atoms with Crippen molar-refractivity contribution >= 4 is 5.97 Å². The lowest BCUT2D eigenvalue weighted by Gasteiger charge is -2.13. The number of esters is 1. The summed E-state index contributed by atoms with van der Waals surface area (Å²) in [6, 6.07) is 0. The average Bonchev–Trinajstić information content (AvgIpc) is 2.78. The van der Waals surface area contributed by atoms with Gasteiger partial charge in [0.25, 0.3) is 0 Å². The number of rotatable bonds is 5. The highest BCUT2D eigenvalue weighted by Crippen LogP contribution is 2.27. The van der Waals surface area contributed by atoms with Crippen LogP contribution in [0.15, 0.2) is 24.0 Å². The first-order valence-corrected chi connectivity index (χ1v) is 7.36. The van der Waals surface area contributed by atoms with E-state index in [9.17, 15) is 4.79 Å². The topological polar surface area (TPSA) is 53.3 Å². The number of aryl methyl sites for hydroxylation is 1. The maximum absolute atomic E-state index is 11.9. The van der Waals surface area contributed by atoms with E-state index in [0.29, 0.717) is 30.5 Å². The van der Waals surface area contributed by atoms with E-state index in [0.717, 1.165) is 17.7 Å². The van der Waals surface area contributed by atoms with Gasteiger partial charge >= 0.3 is 5.97 Å². The van der Waals surface area contributed by atoms with E-state index in [2.05, 4.69) is 24.2 Å². The number of nitrogens with zero attached hydrogens (tertiary/aromatic N) is 2. The van der Waals surface area contributed by atoms with Crippen LogP contribution in [0.2, 0.25) is 0 Å². The molecule has 21 heavy (non-hydrogen) atoms. The third-order valence-electron chi connectivity index (χ3n) is 3.40. The first kappa shape index (κ1) is 15.4. The second kappa shape index (κ2) is 6.61. The molecular weight excluding hydrogens is 268 g/mol. The van der Waals surface area contributed by atoms with E-state index in [4.69, 9.17) is 9.47 Å². The lowest BCUT2D eigenvalue weighted by Crippen LogP contribution is -2.08. The van der Waals surface area contributed by atoms with Crippen molar-refractivity contribution in [3.8, 4) is 5.88 Å². The first-order valence-electron chi connectivity index (χ1n) is 7.36. The molecule has 2 rings (SSSR count). The Kier molecular flexibility index (Phi) is 4.83. The molecule has 5 nitrogen and oxygen atoms in total. The molecule has 0 amide bonds. The third-order valence-corrected chi connectivity index (χ3v) is 3.40. The zero-order chi connectivity index (χ0) is 15.4. The molecule has 1 aliphatic rings. The lowest BCUT2D eigenvalue weighted by molar-refractivity contribution is 0.0517. The van der Waals surface area contributed by atoms with Crippen molar-refractivity contribution in [2.45, 2.75) is 33.6 Å². The molecule has 1 heterocycles. The van der Waals surface area contributed by atoms with Gasteiger partial charge in [0.15, 0.2) is 5.69 Å². The summed E-state index contributed by atoms with van der Waals surface area (Å²) in [6.45, 7) is 6.24.